The van der Waals surface area contributed by atoms with E-state index in [1.165, 1.54) is 31.3 Å². The van der Waals surface area contributed by atoms with E-state index < -0.39 is 0 Å². The van der Waals surface area contributed by atoms with Crippen LogP contribution in [-0.2, 0) is 11.3 Å². The molecule has 0 atom stereocenters. The van der Waals surface area contributed by atoms with Crippen LogP contribution in [0.4, 0.5) is 0 Å². The van der Waals surface area contributed by atoms with Crippen LogP contribution in [0.1, 0.15) is 31.2 Å². The molecule has 4 heteroatoms. The van der Waals surface area contributed by atoms with Crippen LogP contribution >= 0.6 is 0 Å². The number of benzene rings is 1. The van der Waals surface area contributed by atoms with Gasteiger partial charge in [0.25, 0.3) is 0 Å². The van der Waals surface area contributed by atoms with E-state index in [9.17, 15) is 4.79 Å². The van der Waals surface area contributed by atoms with Gasteiger partial charge in [-0.25, -0.2) is 4.68 Å². The number of allylic oxidation sites excluding steroid dienone is 1. The summed E-state index contributed by atoms with van der Waals surface area (Å²) in [7, 11) is 0. The van der Waals surface area contributed by atoms with Gasteiger partial charge in [-0.05, 0) is 61.3 Å². The SMILES string of the molecule is O=C(C=C(C1CC1)C1CC1)NCc1ccc(-n2cccn2)cc1. The molecule has 0 aliphatic heterocycles. The van der Waals surface area contributed by atoms with E-state index in [0.29, 0.717) is 18.4 Å². The van der Waals surface area contributed by atoms with Gasteiger partial charge in [0, 0.05) is 25.0 Å². The summed E-state index contributed by atoms with van der Waals surface area (Å²) in [6, 6.07) is 10.00. The Morgan fingerprint density at radius 2 is 1.87 bits per heavy atom. The Morgan fingerprint density at radius 1 is 1.17 bits per heavy atom. The Bertz CT molecular complexity index is 694. The molecule has 0 saturated heterocycles. The molecule has 1 aromatic carbocycles. The average Bonchev–Trinajstić information content (AvgIpc) is 3.51. The van der Waals surface area contributed by atoms with Gasteiger partial charge >= 0.3 is 0 Å². The summed E-state index contributed by atoms with van der Waals surface area (Å²) in [5.74, 6) is 1.44. The van der Waals surface area contributed by atoms with Gasteiger partial charge in [0.1, 0.15) is 0 Å². The van der Waals surface area contributed by atoms with Crippen molar-refractivity contribution < 1.29 is 4.79 Å². The molecule has 2 saturated carbocycles. The van der Waals surface area contributed by atoms with Crippen molar-refractivity contribution in [2.45, 2.75) is 32.2 Å². The van der Waals surface area contributed by atoms with E-state index in [-0.39, 0.29) is 5.91 Å². The third-order valence-electron chi connectivity index (χ3n) is 4.57. The number of amides is 1. The maximum Gasteiger partial charge on any atom is 0.244 e. The second kappa shape index (κ2) is 6.03. The highest BCUT2D eigenvalue weighted by Gasteiger charge is 2.36. The van der Waals surface area contributed by atoms with E-state index in [2.05, 4.69) is 10.4 Å². The van der Waals surface area contributed by atoms with Crippen LogP contribution in [0, 0.1) is 11.8 Å². The van der Waals surface area contributed by atoms with Crippen molar-refractivity contribution in [1.29, 1.82) is 0 Å². The lowest BCUT2D eigenvalue weighted by Crippen LogP contribution is -2.21. The zero-order valence-corrected chi connectivity index (χ0v) is 13.1. The van der Waals surface area contributed by atoms with Gasteiger partial charge in [-0.1, -0.05) is 17.7 Å². The summed E-state index contributed by atoms with van der Waals surface area (Å²) in [6.07, 6.45) is 10.6. The predicted molar refractivity (Wildman–Crippen MR) is 88.9 cm³/mol. The molecule has 118 valence electrons. The lowest BCUT2D eigenvalue weighted by atomic mass is 10.1. The minimum atomic E-state index is 0.0509. The number of hydrogen-bond acceptors (Lipinski definition) is 2. The van der Waals surface area contributed by atoms with E-state index in [1.54, 1.807) is 6.20 Å². The standard InChI is InChI=1S/C19H21N3O/c23-19(12-18(15-4-5-15)16-6-7-16)20-13-14-2-8-17(9-3-14)22-11-1-10-21-22/h1-3,8-12,15-16H,4-7,13H2,(H,20,23). The molecule has 1 aromatic heterocycles. The smallest absolute Gasteiger partial charge is 0.244 e. The summed E-state index contributed by atoms with van der Waals surface area (Å²) in [5, 5.41) is 7.22. The van der Waals surface area contributed by atoms with Crippen molar-refractivity contribution >= 4 is 5.91 Å². The van der Waals surface area contributed by atoms with Crippen molar-refractivity contribution in [2.75, 3.05) is 0 Å². The average molecular weight is 307 g/mol. The van der Waals surface area contributed by atoms with E-state index in [0.717, 1.165) is 11.3 Å². The highest BCUT2D eigenvalue weighted by molar-refractivity contribution is 5.88. The van der Waals surface area contributed by atoms with E-state index >= 15 is 0 Å². The first-order valence-corrected chi connectivity index (χ1v) is 8.38. The maximum absolute atomic E-state index is 12.1. The number of aromatic nitrogens is 2. The van der Waals surface area contributed by atoms with Crippen LogP contribution in [0.5, 0.6) is 0 Å². The van der Waals surface area contributed by atoms with Crippen LogP contribution in [-0.4, -0.2) is 15.7 Å². The van der Waals surface area contributed by atoms with Gasteiger partial charge in [0.15, 0.2) is 0 Å². The Labute approximate surface area is 136 Å². The summed E-state index contributed by atoms with van der Waals surface area (Å²) in [6.45, 7) is 0.567. The fraction of sp³-hybridized carbons (Fsp3) is 0.368. The normalized spacial score (nSPS) is 16.9. The second-order valence-corrected chi connectivity index (χ2v) is 6.53. The molecule has 4 rings (SSSR count). The highest BCUT2D eigenvalue weighted by atomic mass is 16.1. The molecule has 2 aromatic rings. The molecule has 4 nitrogen and oxygen atoms in total. The van der Waals surface area contributed by atoms with Crippen molar-refractivity contribution in [3.8, 4) is 5.69 Å². The first-order valence-electron chi connectivity index (χ1n) is 8.38. The zero-order valence-electron chi connectivity index (χ0n) is 13.1. The summed E-state index contributed by atoms with van der Waals surface area (Å²) in [5.41, 5.74) is 3.52. The lowest BCUT2D eigenvalue weighted by molar-refractivity contribution is -0.116. The van der Waals surface area contributed by atoms with Crippen LogP contribution < -0.4 is 5.32 Å². The topological polar surface area (TPSA) is 46.9 Å². The number of nitrogens with zero attached hydrogens (tertiary/aromatic N) is 2. The maximum atomic E-state index is 12.1. The minimum absolute atomic E-state index is 0.0509. The highest BCUT2D eigenvalue weighted by Crippen LogP contribution is 2.48. The van der Waals surface area contributed by atoms with Crippen LogP contribution in [0.2, 0.25) is 0 Å². The molecule has 1 N–H and O–H groups in total. The van der Waals surface area contributed by atoms with Crippen LogP contribution in [0.25, 0.3) is 5.69 Å². The summed E-state index contributed by atoms with van der Waals surface area (Å²) in [4.78, 5) is 12.1. The number of carbonyl (C=O) groups is 1. The quantitative estimate of drug-likeness (QED) is 0.833. The predicted octanol–water partition coefficient (Wildman–Crippen LogP) is 3.23. The number of nitrogens with one attached hydrogen (secondary N) is 1. The molecule has 23 heavy (non-hydrogen) atoms. The largest absolute Gasteiger partial charge is 0.348 e. The van der Waals surface area contributed by atoms with Crippen molar-refractivity contribution in [1.82, 2.24) is 15.1 Å². The molecular weight excluding hydrogens is 286 g/mol. The van der Waals surface area contributed by atoms with Gasteiger partial charge < -0.3 is 5.32 Å². The van der Waals surface area contributed by atoms with E-state index in [4.69, 9.17) is 0 Å². The molecule has 1 heterocycles. The number of rotatable bonds is 6. The molecule has 0 bridgehead atoms. The summed E-state index contributed by atoms with van der Waals surface area (Å²) < 4.78 is 1.82. The molecule has 0 radical (unpaired) electrons. The fourth-order valence-electron chi connectivity index (χ4n) is 2.98. The Balaban J connectivity index is 1.35. The fourth-order valence-corrected chi connectivity index (χ4v) is 2.98. The van der Waals surface area contributed by atoms with Crippen molar-refractivity contribution in [3.05, 3.63) is 59.9 Å². The van der Waals surface area contributed by atoms with Crippen molar-refractivity contribution in [3.63, 3.8) is 0 Å². The molecule has 1 amide bonds. The second-order valence-electron chi connectivity index (χ2n) is 6.53. The molecule has 0 unspecified atom stereocenters. The number of carbonyl (C=O) groups excluding carboxylic acids is 1. The van der Waals surface area contributed by atoms with E-state index in [1.807, 2.05) is 47.3 Å². The first-order chi connectivity index (χ1) is 11.3. The van der Waals surface area contributed by atoms with Gasteiger partial charge in [-0.3, -0.25) is 4.79 Å². The van der Waals surface area contributed by atoms with Gasteiger partial charge in [0.2, 0.25) is 5.91 Å². The monoisotopic (exact) mass is 307 g/mol. The Morgan fingerprint density at radius 3 is 2.43 bits per heavy atom. The third-order valence-corrected chi connectivity index (χ3v) is 4.57. The molecular formula is C19H21N3O. The molecule has 2 aliphatic carbocycles. The van der Waals surface area contributed by atoms with Crippen LogP contribution in [0.3, 0.4) is 0 Å². The Hall–Kier alpha value is -2.36. The lowest BCUT2D eigenvalue weighted by Gasteiger charge is -2.07. The zero-order chi connectivity index (χ0) is 15.6. The third kappa shape index (κ3) is 3.52. The first kappa shape index (κ1) is 14.2. The van der Waals surface area contributed by atoms with Crippen LogP contribution in [0.15, 0.2) is 54.4 Å². The minimum Gasteiger partial charge on any atom is -0.348 e. The van der Waals surface area contributed by atoms with Gasteiger partial charge in [-0.2, -0.15) is 5.10 Å². The Kier molecular flexibility index (Phi) is 3.74. The molecule has 0 spiro atoms. The van der Waals surface area contributed by atoms with Gasteiger partial charge in [-0.15, -0.1) is 0 Å². The summed E-state index contributed by atoms with van der Waals surface area (Å²) >= 11 is 0. The molecule has 2 fully saturated rings. The number of hydrogen-bond donors (Lipinski definition) is 1. The van der Waals surface area contributed by atoms with Gasteiger partial charge in [0.05, 0.1) is 5.69 Å². The van der Waals surface area contributed by atoms with Crippen molar-refractivity contribution in [2.24, 2.45) is 11.8 Å². The molecule has 2 aliphatic rings.